The molecule has 2 aliphatic carbocycles. The van der Waals surface area contributed by atoms with Crippen molar-refractivity contribution in [2.24, 2.45) is 17.6 Å². The molecule has 3 aliphatic rings. The first kappa shape index (κ1) is 15.8. The van der Waals surface area contributed by atoms with Crippen molar-refractivity contribution in [1.29, 1.82) is 0 Å². The van der Waals surface area contributed by atoms with E-state index in [0.29, 0.717) is 6.10 Å². The number of ether oxygens (including phenoxy) is 1. The molecule has 0 bridgehead atoms. The van der Waals surface area contributed by atoms with Crippen LogP contribution in [0.15, 0.2) is 0 Å². The summed E-state index contributed by atoms with van der Waals surface area (Å²) < 4.78 is 6.55. The smallest absolute Gasteiger partial charge is 0.0687 e. The zero-order valence-corrected chi connectivity index (χ0v) is 14.2. The molecule has 3 rings (SSSR count). The van der Waals surface area contributed by atoms with Crippen molar-refractivity contribution in [3.05, 3.63) is 0 Å². The fourth-order valence-electron chi connectivity index (χ4n) is 5.14. The van der Waals surface area contributed by atoms with Crippen LogP contribution in [0, 0.1) is 11.8 Å². The van der Waals surface area contributed by atoms with Crippen LogP contribution in [-0.4, -0.2) is 17.2 Å². The summed E-state index contributed by atoms with van der Waals surface area (Å²) in [5, 5.41) is 0. The maximum Gasteiger partial charge on any atom is 0.0687 e. The average Bonchev–Trinajstić information content (AvgIpc) is 2.82. The minimum Gasteiger partial charge on any atom is -0.372 e. The topological polar surface area (TPSA) is 35.2 Å². The zero-order valence-electron chi connectivity index (χ0n) is 14.2. The fraction of sp³-hybridized carbons (Fsp3) is 1.00. The molecule has 0 aromatic heterocycles. The number of nitrogens with two attached hydrogens (primary N) is 1. The number of hydrogen-bond donors (Lipinski definition) is 1. The number of hydrogen-bond acceptors (Lipinski definition) is 2. The van der Waals surface area contributed by atoms with Gasteiger partial charge in [-0.15, -0.1) is 0 Å². The highest BCUT2D eigenvalue weighted by Gasteiger charge is 2.43. The highest BCUT2D eigenvalue weighted by molar-refractivity contribution is 4.97. The van der Waals surface area contributed by atoms with Gasteiger partial charge in [0.25, 0.3) is 0 Å². The van der Waals surface area contributed by atoms with E-state index in [1.54, 1.807) is 0 Å². The monoisotopic (exact) mass is 293 g/mol. The van der Waals surface area contributed by atoms with Gasteiger partial charge in [0.2, 0.25) is 0 Å². The van der Waals surface area contributed by atoms with Gasteiger partial charge in [0.05, 0.1) is 11.7 Å². The van der Waals surface area contributed by atoms with Crippen LogP contribution >= 0.6 is 0 Å². The van der Waals surface area contributed by atoms with E-state index in [1.807, 2.05) is 0 Å². The summed E-state index contributed by atoms with van der Waals surface area (Å²) in [4.78, 5) is 0. The Morgan fingerprint density at radius 1 is 0.952 bits per heavy atom. The van der Waals surface area contributed by atoms with Crippen LogP contribution in [-0.2, 0) is 4.74 Å². The second-order valence-electron chi connectivity index (χ2n) is 8.67. The minimum absolute atomic E-state index is 0.0657. The summed E-state index contributed by atoms with van der Waals surface area (Å²) in [7, 11) is 0. The Morgan fingerprint density at radius 3 is 2.24 bits per heavy atom. The quantitative estimate of drug-likeness (QED) is 0.811. The highest BCUT2D eigenvalue weighted by Crippen LogP contribution is 2.45. The predicted octanol–water partition coefficient (Wildman–Crippen LogP) is 4.80. The highest BCUT2D eigenvalue weighted by atomic mass is 16.5. The number of rotatable bonds is 3. The lowest BCUT2D eigenvalue weighted by atomic mass is 9.71. The van der Waals surface area contributed by atoms with E-state index in [2.05, 4.69) is 13.8 Å². The zero-order chi connectivity index (χ0) is 14.9. The molecule has 2 heteroatoms. The van der Waals surface area contributed by atoms with Gasteiger partial charge in [0.15, 0.2) is 0 Å². The molecule has 21 heavy (non-hydrogen) atoms. The van der Waals surface area contributed by atoms with Gasteiger partial charge in [-0.1, -0.05) is 33.1 Å². The Kier molecular flexibility index (Phi) is 4.66. The SMILES string of the molecule is CC(C)C1CCC(N)(CC2CCC3(CCCCC3)O2)CC1. The van der Waals surface area contributed by atoms with Gasteiger partial charge in [-0.3, -0.25) is 0 Å². The molecule has 0 aromatic carbocycles. The van der Waals surface area contributed by atoms with Crippen molar-refractivity contribution in [2.75, 3.05) is 0 Å². The van der Waals surface area contributed by atoms with E-state index in [1.165, 1.54) is 70.6 Å². The Bertz CT molecular complexity index is 337. The third-order valence-corrected chi connectivity index (χ3v) is 6.71. The largest absolute Gasteiger partial charge is 0.372 e. The molecule has 3 fully saturated rings. The van der Waals surface area contributed by atoms with Crippen LogP contribution in [0.4, 0.5) is 0 Å². The maximum atomic E-state index is 6.74. The van der Waals surface area contributed by atoms with Crippen LogP contribution in [0.3, 0.4) is 0 Å². The Morgan fingerprint density at radius 2 is 1.62 bits per heavy atom. The molecule has 1 spiro atoms. The lowest BCUT2D eigenvalue weighted by Crippen LogP contribution is -2.46. The fourth-order valence-corrected chi connectivity index (χ4v) is 5.14. The lowest BCUT2D eigenvalue weighted by Gasteiger charge is -2.40. The van der Waals surface area contributed by atoms with Crippen LogP contribution in [0.1, 0.15) is 90.9 Å². The van der Waals surface area contributed by atoms with Gasteiger partial charge in [-0.25, -0.2) is 0 Å². The van der Waals surface area contributed by atoms with Crippen molar-refractivity contribution in [1.82, 2.24) is 0 Å². The molecule has 0 radical (unpaired) electrons. The molecule has 1 atom stereocenters. The van der Waals surface area contributed by atoms with E-state index in [0.717, 1.165) is 18.3 Å². The molecular weight excluding hydrogens is 258 g/mol. The second-order valence-corrected chi connectivity index (χ2v) is 8.67. The van der Waals surface area contributed by atoms with Crippen molar-refractivity contribution in [3.8, 4) is 0 Å². The first-order valence-electron chi connectivity index (χ1n) is 9.47. The molecule has 1 aliphatic heterocycles. The standard InChI is InChI=1S/C19H35NO/c1-15(2)16-6-11-18(20,12-7-16)14-17-8-13-19(21-17)9-4-3-5-10-19/h15-17H,3-14,20H2,1-2H3. The summed E-state index contributed by atoms with van der Waals surface area (Å²) in [6.45, 7) is 4.72. The van der Waals surface area contributed by atoms with Gasteiger partial charge < -0.3 is 10.5 Å². The van der Waals surface area contributed by atoms with E-state index in [4.69, 9.17) is 10.5 Å². The van der Waals surface area contributed by atoms with Gasteiger partial charge in [-0.05, 0) is 69.6 Å². The normalized spacial score (nSPS) is 40.0. The first-order valence-corrected chi connectivity index (χ1v) is 9.47. The van der Waals surface area contributed by atoms with Crippen LogP contribution in [0.25, 0.3) is 0 Å². The molecule has 0 aromatic rings. The van der Waals surface area contributed by atoms with Gasteiger partial charge in [0, 0.05) is 5.54 Å². The molecule has 2 saturated carbocycles. The second kappa shape index (κ2) is 6.20. The third-order valence-electron chi connectivity index (χ3n) is 6.71. The third kappa shape index (κ3) is 3.64. The predicted molar refractivity (Wildman–Crippen MR) is 88.3 cm³/mol. The maximum absolute atomic E-state index is 6.74. The van der Waals surface area contributed by atoms with E-state index < -0.39 is 0 Å². The van der Waals surface area contributed by atoms with Crippen molar-refractivity contribution in [3.63, 3.8) is 0 Å². The first-order chi connectivity index (χ1) is 10.0. The van der Waals surface area contributed by atoms with Gasteiger partial charge in [-0.2, -0.15) is 0 Å². The van der Waals surface area contributed by atoms with Crippen LogP contribution < -0.4 is 5.73 Å². The average molecular weight is 293 g/mol. The Hall–Kier alpha value is -0.0800. The summed E-state index contributed by atoms with van der Waals surface area (Å²) in [5.41, 5.74) is 7.06. The van der Waals surface area contributed by atoms with Crippen LogP contribution in [0.5, 0.6) is 0 Å². The molecule has 0 amide bonds. The van der Waals surface area contributed by atoms with E-state index in [9.17, 15) is 0 Å². The Labute approximate surface area is 131 Å². The van der Waals surface area contributed by atoms with Gasteiger partial charge >= 0.3 is 0 Å². The van der Waals surface area contributed by atoms with Crippen molar-refractivity contribution < 1.29 is 4.74 Å². The van der Waals surface area contributed by atoms with E-state index in [-0.39, 0.29) is 11.1 Å². The molecule has 2 nitrogen and oxygen atoms in total. The summed E-state index contributed by atoms with van der Waals surface area (Å²) in [6.07, 6.45) is 15.9. The molecule has 1 heterocycles. The molecule has 1 saturated heterocycles. The molecule has 122 valence electrons. The molecule has 2 N–H and O–H groups in total. The van der Waals surface area contributed by atoms with Crippen molar-refractivity contribution in [2.45, 2.75) is 108 Å². The molecular formula is C19H35NO. The summed E-state index contributed by atoms with van der Waals surface area (Å²) >= 11 is 0. The van der Waals surface area contributed by atoms with Gasteiger partial charge in [0.1, 0.15) is 0 Å². The summed E-state index contributed by atoms with van der Waals surface area (Å²) in [5.74, 6) is 1.72. The Balaban J connectivity index is 1.51. The van der Waals surface area contributed by atoms with Crippen molar-refractivity contribution >= 4 is 0 Å². The van der Waals surface area contributed by atoms with Crippen LogP contribution in [0.2, 0.25) is 0 Å². The molecule has 1 unspecified atom stereocenters. The summed E-state index contributed by atoms with van der Waals surface area (Å²) in [6, 6.07) is 0. The minimum atomic E-state index is 0.0657. The lowest BCUT2D eigenvalue weighted by molar-refractivity contribution is -0.0735. The van der Waals surface area contributed by atoms with E-state index >= 15 is 0 Å².